The van der Waals surface area contributed by atoms with Crippen LogP contribution in [-0.2, 0) is 6.54 Å². The number of rotatable bonds is 3. The molecule has 0 aliphatic heterocycles. The Bertz CT molecular complexity index is 534. The number of benzene rings is 1. The summed E-state index contributed by atoms with van der Waals surface area (Å²) in [5.41, 5.74) is 0.812. The second-order valence-corrected chi connectivity index (χ2v) is 4.68. The molecule has 1 aromatic carbocycles. The minimum Gasteiger partial charge on any atom is -0.365 e. The van der Waals surface area contributed by atoms with Gasteiger partial charge < -0.3 is 5.32 Å². The molecule has 2 nitrogen and oxygen atoms in total. The maximum Gasteiger partial charge on any atom is 0.145 e. The molecule has 17 heavy (non-hydrogen) atoms. The van der Waals surface area contributed by atoms with Crippen LogP contribution >= 0.6 is 27.5 Å². The first-order valence-corrected chi connectivity index (χ1v) is 6.12. The summed E-state index contributed by atoms with van der Waals surface area (Å²) in [5.74, 6) is 0.322. The van der Waals surface area contributed by atoms with E-state index in [9.17, 15) is 4.39 Å². The monoisotopic (exact) mass is 314 g/mol. The van der Waals surface area contributed by atoms with Gasteiger partial charge in [0.15, 0.2) is 0 Å². The van der Waals surface area contributed by atoms with Crippen LogP contribution in [0.1, 0.15) is 5.56 Å². The summed E-state index contributed by atoms with van der Waals surface area (Å²) in [6.07, 6.45) is 1.65. The van der Waals surface area contributed by atoms with Crippen molar-refractivity contribution < 1.29 is 4.39 Å². The predicted octanol–water partition coefficient (Wildman–Crippen LogP) is 4.25. The highest BCUT2D eigenvalue weighted by molar-refractivity contribution is 9.10. The van der Waals surface area contributed by atoms with Crippen molar-refractivity contribution in [2.75, 3.05) is 5.32 Å². The van der Waals surface area contributed by atoms with Gasteiger partial charge in [-0.2, -0.15) is 0 Å². The summed E-state index contributed by atoms with van der Waals surface area (Å²) in [6, 6.07) is 8.05. The van der Waals surface area contributed by atoms with E-state index in [0.29, 0.717) is 17.4 Å². The molecule has 0 saturated heterocycles. The Kier molecular flexibility index (Phi) is 3.97. The molecule has 1 N–H and O–H groups in total. The van der Waals surface area contributed by atoms with Gasteiger partial charge in [0.2, 0.25) is 0 Å². The van der Waals surface area contributed by atoms with Gasteiger partial charge in [0.1, 0.15) is 11.6 Å². The van der Waals surface area contributed by atoms with Crippen LogP contribution in [0.2, 0.25) is 5.02 Å². The van der Waals surface area contributed by atoms with Crippen LogP contribution in [0.25, 0.3) is 0 Å². The molecule has 2 rings (SSSR count). The predicted molar refractivity (Wildman–Crippen MR) is 70.7 cm³/mol. The molecular formula is C12H9BrClFN2. The Morgan fingerprint density at radius 2 is 2.18 bits per heavy atom. The maximum atomic E-state index is 13.1. The average Bonchev–Trinajstić information content (AvgIpc) is 2.32. The number of hydrogen-bond acceptors (Lipinski definition) is 2. The van der Waals surface area contributed by atoms with Gasteiger partial charge in [-0.15, -0.1) is 0 Å². The van der Waals surface area contributed by atoms with Crippen molar-refractivity contribution in [1.82, 2.24) is 4.98 Å². The molecule has 0 spiro atoms. The fourth-order valence-corrected chi connectivity index (χ4v) is 1.95. The molecule has 0 aliphatic rings. The van der Waals surface area contributed by atoms with Crippen LogP contribution in [0.15, 0.2) is 41.0 Å². The molecular weight excluding hydrogens is 307 g/mol. The lowest BCUT2D eigenvalue weighted by Gasteiger charge is -2.08. The quantitative estimate of drug-likeness (QED) is 0.916. The molecule has 0 saturated carbocycles. The van der Waals surface area contributed by atoms with Gasteiger partial charge >= 0.3 is 0 Å². The minimum absolute atomic E-state index is 0.267. The Labute approximate surface area is 112 Å². The van der Waals surface area contributed by atoms with Gasteiger partial charge in [-0.3, -0.25) is 0 Å². The Morgan fingerprint density at radius 1 is 1.35 bits per heavy atom. The van der Waals surface area contributed by atoms with Crippen LogP contribution < -0.4 is 5.32 Å². The minimum atomic E-state index is -0.267. The first-order chi connectivity index (χ1) is 8.16. The number of nitrogens with zero attached hydrogens (tertiary/aromatic N) is 1. The first-order valence-electron chi connectivity index (χ1n) is 4.95. The largest absolute Gasteiger partial charge is 0.365 e. The third-order valence-electron chi connectivity index (χ3n) is 2.21. The highest BCUT2D eigenvalue weighted by Gasteiger charge is 2.04. The standard InChI is InChI=1S/C12H9BrClFN2/c13-10-4-3-9(15)6-8(10)7-17-12-11(14)2-1-5-16-12/h1-6H,7H2,(H,16,17). The molecule has 0 bridgehead atoms. The van der Waals surface area contributed by atoms with Gasteiger partial charge in [-0.25, -0.2) is 9.37 Å². The topological polar surface area (TPSA) is 24.9 Å². The lowest BCUT2D eigenvalue weighted by atomic mass is 10.2. The molecule has 0 atom stereocenters. The van der Waals surface area contributed by atoms with E-state index in [4.69, 9.17) is 11.6 Å². The zero-order valence-electron chi connectivity index (χ0n) is 8.75. The number of nitrogens with one attached hydrogen (secondary N) is 1. The lowest BCUT2D eigenvalue weighted by molar-refractivity contribution is 0.625. The molecule has 88 valence electrons. The van der Waals surface area contributed by atoms with E-state index in [0.717, 1.165) is 10.0 Å². The Hall–Kier alpha value is -1.13. The fourth-order valence-electron chi connectivity index (χ4n) is 1.37. The smallest absolute Gasteiger partial charge is 0.145 e. The van der Waals surface area contributed by atoms with Gasteiger partial charge in [-0.1, -0.05) is 27.5 Å². The molecule has 0 fully saturated rings. The van der Waals surface area contributed by atoms with Crippen molar-refractivity contribution in [2.24, 2.45) is 0 Å². The van der Waals surface area contributed by atoms with Crippen LogP contribution in [0.4, 0.5) is 10.2 Å². The van der Waals surface area contributed by atoms with E-state index in [2.05, 4.69) is 26.2 Å². The van der Waals surface area contributed by atoms with E-state index in [1.54, 1.807) is 24.4 Å². The van der Waals surface area contributed by atoms with Crippen molar-refractivity contribution >= 4 is 33.3 Å². The highest BCUT2D eigenvalue weighted by Crippen LogP contribution is 2.21. The number of aromatic nitrogens is 1. The Morgan fingerprint density at radius 3 is 2.94 bits per heavy atom. The summed E-state index contributed by atoms with van der Waals surface area (Å²) in [4.78, 5) is 4.09. The summed E-state index contributed by atoms with van der Waals surface area (Å²) in [5, 5.41) is 3.60. The van der Waals surface area contributed by atoms with Crippen molar-refractivity contribution in [1.29, 1.82) is 0 Å². The van der Waals surface area contributed by atoms with E-state index >= 15 is 0 Å². The van der Waals surface area contributed by atoms with E-state index < -0.39 is 0 Å². The number of pyridine rings is 1. The molecule has 5 heteroatoms. The molecule has 0 aliphatic carbocycles. The number of hydrogen-bond donors (Lipinski definition) is 1. The van der Waals surface area contributed by atoms with Gasteiger partial charge in [-0.05, 0) is 35.9 Å². The molecule has 0 amide bonds. The van der Waals surface area contributed by atoms with Crippen LogP contribution in [-0.4, -0.2) is 4.98 Å². The highest BCUT2D eigenvalue weighted by atomic mass is 79.9. The molecule has 1 aromatic heterocycles. The zero-order valence-corrected chi connectivity index (χ0v) is 11.1. The maximum absolute atomic E-state index is 13.1. The third-order valence-corrected chi connectivity index (χ3v) is 3.29. The van der Waals surface area contributed by atoms with Crippen molar-refractivity contribution in [2.45, 2.75) is 6.54 Å². The van der Waals surface area contributed by atoms with Crippen molar-refractivity contribution in [3.63, 3.8) is 0 Å². The molecule has 0 radical (unpaired) electrons. The number of anilines is 1. The van der Waals surface area contributed by atoms with Crippen LogP contribution in [0.5, 0.6) is 0 Å². The Balaban J connectivity index is 2.12. The van der Waals surface area contributed by atoms with E-state index in [1.165, 1.54) is 12.1 Å². The lowest BCUT2D eigenvalue weighted by Crippen LogP contribution is -2.02. The molecule has 1 heterocycles. The van der Waals surface area contributed by atoms with Gasteiger partial charge in [0.25, 0.3) is 0 Å². The molecule has 2 aromatic rings. The fraction of sp³-hybridized carbons (Fsp3) is 0.0833. The van der Waals surface area contributed by atoms with E-state index in [-0.39, 0.29) is 5.82 Å². The summed E-state index contributed by atoms with van der Waals surface area (Å²) >= 11 is 9.31. The van der Waals surface area contributed by atoms with Crippen molar-refractivity contribution in [3.8, 4) is 0 Å². The number of halogens is 3. The average molecular weight is 316 g/mol. The SMILES string of the molecule is Fc1ccc(Br)c(CNc2ncccc2Cl)c1. The van der Waals surface area contributed by atoms with Crippen LogP contribution in [0.3, 0.4) is 0 Å². The second-order valence-electron chi connectivity index (χ2n) is 3.42. The summed E-state index contributed by atoms with van der Waals surface area (Å²) in [6.45, 7) is 0.453. The summed E-state index contributed by atoms with van der Waals surface area (Å²) < 4.78 is 13.9. The van der Waals surface area contributed by atoms with Crippen LogP contribution in [0, 0.1) is 5.82 Å². The second kappa shape index (κ2) is 5.47. The van der Waals surface area contributed by atoms with Gasteiger partial charge in [0.05, 0.1) is 5.02 Å². The zero-order chi connectivity index (χ0) is 12.3. The van der Waals surface area contributed by atoms with Crippen molar-refractivity contribution in [3.05, 3.63) is 57.4 Å². The molecule has 0 unspecified atom stereocenters. The first kappa shape index (κ1) is 12.3. The summed E-state index contributed by atoms with van der Waals surface area (Å²) in [7, 11) is 0. The van der Waals surface area contributed by atoms with E-state index in [1.807, 2.05) is 0 Å². The van der Waals surface area contributed by atoms with Gasteiger partial charge in [0, 0.05) is 17.2 Å². The normalized spacial score (nSPS) is 10.3. The third kappa shape index (κ3) is 3.17.